The second-order valence-corrected chi connectivity index (χ2v) is 13.6. The first kappa shape index (κ1) is 35.8. The Morgan fingerprint density at radius 2 is 1.74 bits per heavy atom. The van der Waals surface area contributed by atoms with Gasteiger partial charge in [0.1, 0.15) is 44.0 Å². The number of halogens is 1. The van der Waals surface area contributed by atoms with Crippen LogP contribution >= 0.6 is 11.6 Å². The first-order valence-electron chi connectivity index (χ1n) is 17.2. The van der Waals surface area contributed by atoms with Gasteiger partial charge in [0.15, 0.2) is 17.1 Å². The van der Waals surface area contributed by atoms with Crippen LogP contribution in [0.5, 0.6) is 23.0 Å². The lowest BCUT2D eigenvalue weighted by atomic mass is 9.91. The standard InChI is InChI=1S/C38H45ClN2O9/c1-25-27(6-5-7-29(25)26-9-10-32-35(21-26)49-19-18-48-32)24-50-34-22-33(47-17-16-40-14-11-38(45,12-15-40)37(44)46-2)28(20-30(34)39)23-41-13-4-3-8-31(41)36(42)43/h5-7,9-10,20-22,31,45H,3-4,8,11-19,23-24H2,1-2H3,(H,42,43)/t31-/m0/s1. The molecule has 0 aliphatic carbocycles. The third-order valence-electron chi connectivity index (χ3n) is 9.98. The lowest BCUT2D eigenvalue weighted by molar-refractivity contribution is -0.167. The molecule has 3 aliphatic rings. The molecule has 0 spiro atoms. The van der Waals surface area contributed by atoms with E-state index in [1.165, 1.54) is 7.11 Å². The number of ether oxygens (including phenoxy) is 5. The molecule has 2 saturated heterocycles. The van der Waals surface area contributed by atoms with E-state index in [0.29, 0.717) is 75.5 Å². The normalized spacial score (nSPS) is 19.1. The van der Waals surface area contributed by atoms with E-state index in [0.717, 1.165) is 52.2 Å². The van der Waals surface area contributed by atoms with Gasteiger partial charge < -0.3 is 33.9 Å². The minimum atomic E-state index is -1.46. The number of nitrogens with zero attached hydrogens (tertiary/aromatic N) is 2. The van der Waals surface area contributed by atoms with Gasteiger partial charge in [-0.1, -0.05) is 42.3 Å². The zero-order chi connectivity index (χ0) is 35.3. The van der Waals surface area contributed by atoms with Crippen molar-refractivity contribution >= 4 is 23.5 Å². The van der Waals surface area contributed by atoms with Crippen LogP contribution in [0.4, 0.5) is 0 Å². The molecular formula is C38H45ClN2O9. The lowest BCUT2D eigenvalue weighted by Crippen LogP contribution is -2.50. The highest BCUT2D eigenvalue weighted by Crippen LogP contribution is 2.38. The minimum absolute atomic E-state index is 0.271. The molecule has 3 aromatic rings. The number of likely N-dealkylation sites (tertiary alicyclic amines) is 2. The van der Waals surface area contributed by atoms with Gasteiger partial charge in [0.25, 0.3) is 0 Å². The van der Waals surface area contributed by atoms with Crippen molar-refractivity contribution in [1.29, 1.82) is 0 Å². The van der Waals surface area contributed by atoms with Crippen LogP contribution in [0.25, 0.3) is 11.1 Å². The maximum absolute atomic E-state index is 12.1. The summed E-state index contributed by atoms with van der Waals surface area (Å²) >= 11 is 6.83. The minimum Gasteiger partial charge on any atom is -0.492 e. The molecule has 0 radical (unpaired) electrons. The molecule has 6 rings (SSSR count). The number of hydrogen-bond acceptors (Lipinski definition) is 10. The van der Waals surface area contributed by atoms with Gasteiger partial charge in [0, 0.05) is 37.8 Å². The molecule has 0 aromatic heterocycles. The third-order valence-corrected chi connectivity index (χ3v) is 10.3. The number of benzene rings is 3. The van der Waals surface area contributed by atoms with Gasteiger partial charge in [-0.2, -0.15) is 0 Å². The van der Waals surface area contributed by atoms with E-state index in [9.17, 15) is 19.8 Å². The Kier molecular flexibility index (Phi) is 11.4. The topological polar surface area (TPSA) is 127 Å². The fourth-order valence-electron chi connectivity index (χ4n) is 6.97. The Bertz CT molecular complexity index is 1690. The zero-order valence-corrected chi connectivity index (χ0v) is 29.4. The van der Waals surface area contributed by atoms with Gasteiger partial charge in [-0.25, -0.2) is 4.79 Å². The fourth-order valence-corrected chi connectivity index (χ4v) is 7.21. The van der Waals surface area contributed by atoms with Crippen LogP contribution in [-0.2, 0) is 27.5 Å². The Balaban J connectivity index is 1.18. The first-order valence-corrected chi connectivity index (χ1v) is 17.6. The molecule has 50 heavy (non-hydrogen) atoms. The highest BCUT2D eigenvalue weighted by Gasteiger charge is 2.40. The monoisotopic (exact) mass is 708 g/mol. The van der Waals surface area contributed by atoms with Crippen LogP contribution in [0.1, 0.15) is 48.8 Å². The summed E-state index contributed by atoms with van der Waals surface area (Å²) in [6.45, 7) is 6.39. The average Bonchev–Trinajstić information content (AvgIpc) is 3.13. The number of carbonyl (C=O) groups excluding carboxylic acids is 1. The number of fused-ring (bicyclic) bond motifs is 1. The molecule has 11 nitrogen and oxygen atoms in total. The Hall–Kier alpha value is -4.03. The summed E-state index contributed by atoms with van der Waals surface area (Å²) in [5.74, 6) is 1.08. The van der Waals surface area contributed by atoms with Crippen LogP contribution in [0.15, 0.2) is 48.5 Å². The predicted octanol–water partition coefficient (Wildman–Crippen LogP) is 5.48. The Labute approximate surface area is 297 Å². The van der Waals surface area contributed by atoms with E-state index in [1.807, 2.05) is 41.3 Å². The van der Waals surface area contributed by atoms with Crippen molar-refractivity contribution in [3.8, 4) is 34.1 Å². The Morgan fingerprint density at radius 1 is 0.960 bits per heavy atom. The number of carboxylic acid groups (broad SMARTS) is 1. The van der Waals surface area contributed by atoms with Gasteiger partial charge in [-0.15, -0.1) is 0 Å². The maximum atomic E-state index is 12.1. The summed E-state index contributed by atoms with van der Waals surface area (Å²) in [5, 5.41) is 20.9. The van der Waals surface area contributed by atoms with Crippen LogP contribution in [0.3, 0.4) is 0 Å². The van der Waals surface area contributed by atoms with E-state index in [2.05, 4.69) is 17.9 Å². The Morgan fingerprint density at radius 3 is 2.50 bits per heavy atom. The number of carbonyl (C=O) groups is 2. The molecule has 2 N–H and O–H groups in total. The number of aliphatic hydroxyl groups is 1. The molecule has 3 aliphatic heterocycles. The number of carboxylic acids is 1. The summed E-state index contributed by atoms with van der Waals surface area (Å²) in [6.07, 6.45) is 2.96. The second kappa shape index (κ2) is 15.9. The summed E-state index contributed by atoms with van der Waals surface area (Å²) in [6, 6.07) is 15.1. The van der Waals surface area contributed by atoms with Crippen molar-refractivity contribution < 1.29 is 43.5 Å². The first-order chi connectivity index (χ1) is 24.1. The van der Waals surface area contributed by atoms with Gasteiger partial charge >= 0.3 is 11.9 Å². The van der Waals surface area contributed by atoms with Gasteiger partial charge in [0.2, 0.25) is 0 Å². The lowest BCUT2D eigenvalue weighted by Gasteiger charge is -2.36. The molecule has 0 unspecified atom stereocenters. The molecular weight excluding hydrogens is 664 g/mol. The highest BCUT2D eigenvalue weighted by molar-refractivity contribution is 6.32. The number of rotatable bonds is 12. The summed E-state index contributed by atoms with van der Waals surface area (Å²) < 4.78 is 29.0. The zero-order valence-electron chi connectivity index (χ0n) is 28.6. The smallest absolute Gasteiger partial charge is 0.337 e. The molecule has 0 bridgehead atoms. The summed E-state index contributed by atoms with van der Waals surface area (Å²) in [5.41, 5.74) is 3.47. The second-order valence-electron chi connectivity index (χ2n) is 13.2. The van der Waals surface area contributed by atoms with Crippen molar-refractivity contribution in [3.63, 3.8) is 0 Å². The molecule has 268 valence electrons. The van der Waals surface area contributed by atoms with Crippen LogP contribution in [0.2, 0.25) is 5.02 Å². The number of aliphatic carboxylic acids is 1. The highest BCUT2D eigenvalue weighted by atomic mass is 35.5. The van der Waals surface area contributed by atoms with Gasteiger partial charge in [-0.3, -0.25) is 14.6 Å². The number of methoxy groups -OCH3 is 1. The molecule has 3 heterocycles. The third kappa shape index (κ3) is 8.12. The van der Waals surface area contributed by atoms with Gasteiger partial charge in [-0.05, 0) is 79.6 Å². The van der Waals surface area contributed by atoms with E-state index < -0.39 is 23.6 Å². The molecule has 12 heteroatoms. The maximum Gasteiger partial charge on any atom is 0.337 e. The van der Waals surface area contributed by atoms with Crippen LogP contribution < -0.4 is 18.9 Å². The summed E-state index contributed by atoms with van der Waals surface area (Å²) in [4.78, 5) is 28.2. The molecule has 2 fully saturated rings. The summed E-state index contributed by atoms with van der Waals surface area (Å²) in [7, 11) is 1.28. The van der Waals surface area contributed by atoms with E-state index in [1.54, 1.807) is 6.07 Å². The van der Waals surface area contributed by atoms with Crippen molar-refractivity contribution in [2.24, 2.45) is 0 Å². The van der Waals surface area contributed by atoms with Crippen molar-refractivity contribution in [2.75, 3.05) is 53.1 Å². The van der Waals surface area contributed by atoms with Crippen molar-refractivity contribution in [2.45, 2.75) is 63.8 Å². The number of hydrogen-bond donors (Lipinski definition) is 2. The van der Waals surface area contributed by atoms with Gasteiger partial charge in [0.05, 0.1) is 12.1 Å². The molecule has 3 aromatic carbocycles. The number of esters is 1. The molecule has 0 amide bonds. The van der Waals surface area contributed by atoms with Crippen molar-refractivity contribution in [1.82, 2.24) is 9.80 Å². The largest absolute Gasteiger partial charge is 0.492 e. The van der Waals surface area contributed by atoms with E-state index in [-0.39, 0.29) is 19.4 Å². The quantitative estimate of drug-likeness (QED) is 0.232. The van der Waals surface area contributed by atoms with E-state index in [4.69, 9.17) is 35.3 Å². The van der Waals surface area contributed by atoms with Crippen LogP contribution in [0, 0.1) is 6.92 Å². The SMILES string of the molecule is COC(=O)C1(O)CCN(CCOc2cc(OCc3cccc(-c4ccc5c(c4)OCCO5)c3C)c(Cl)cc2CN2CCCC[C@H]2C(=O)O)CC1. The molecule has 0 saturated carbocycles. The predicted molar refractivity (Wildman–Crippen MR) is 187 cm³/mol. The fraction of sp³-hybridized carbons (Fsp3) is 0.474. The average molecular weight is 709 g/mol. The molecule has 1 atom stereocenters. The number of piperidine rings is 2. The van der Waals surface area contributed by atoms with Crippen molar-refractivity contribution in [3.05, 3.63) is 70.2 Å². The van der Waals surface area contributed by atoms with E-state index >= 15 is 0 Å². The van der Waals surface area contributed by atoms with Crippen LogP contribution in [-0.4, -0.2) is 96.7 Å².